The second kappa shape index (κ2) is 2.74. The summed E-state index contributed by atoms with van der Waals surface area (Å²) in [6, 6.07) is 2.63. The maximum Gasteiger partial charge on any atom is 0.151 e. The highest BCUT2D eigenvalue weighted by Gasteiger charge is 2.07. The fourth-order valence-electron chi connectivity index (χ4n) is 0.555. The molecule has 0 aliphatic carbocycles. The van der Waals surface area contributed by atoms with E-state index in [2.05, 4.69) is 0 Å². The van der Waals surface area contributed by atoms with Gasteiger partial charge in [-0.1, -0.05) is 11.6 Å². The summed E-state index contributed by atoms with van der Waals surface area (Å²) in [6.45, 7) is 0. The number of rotatable bonds is 1. The van der Waals surface area contributed by atoms with Gasteiger partial charge in [0.15, 0.2) is 6.04 Å². The summed E-state index contributed by atoms with van der Waals surface area (Å²) in [5.74, 6) is 0.396. The van der Waals surface area contributed by atoms with Gasteiger partial charge in [0.05, 0.1) is 11.1 Å². The largest absolute Gasteiger partial charge is 0.465 e. The lowest BCUT2D eigenvalue weighted by molar-refractivity contribution is 0.497. The van der Waals surface area contributed by atoms with Crippen LogP contribution in [-0.2, 0) is 0 Å². The van der Waals surface area contributed by atoms with Crippen molar-refractivity contribution in [3.63, 3.8) is 0 Å². The smallest absolute Gasteiger partial charge is 0.151 e. The topological polar surface area (TPSA) is 63.0 Å². The summed E-state index contributed by atoms with van der Waals surface area (Å²) in [7, 11) is 0. The lowest BCUT2D eigenvalue weighted by Gasteiger charge is -1.92. The molecule has 1 unspecified atom stereocenters. The molecule has 10 heavy (non-hydrogen) atoms. The molecule has 0 bridgehead atoms. The molecule has 1 aromatic heterocycles. The number of nitriles is 1. The first kappa shape index (κ1) is 7.13. The van der Waals surface area contributed by atoms with E-state index < -0.39 is 6.04 Å². The Labute approximate surface area is 63.0 Å². The van der Waals surface area contributed by atoms with E-state index in [1.54, 1.807) is 0 Å². The number of nitrogens with zero attached hydrogens (tertiary/aromatic N) is 1. The lowest BCUT2D eigenvalue weighted by atomic mass is 10.3. The number of hydrogen-bond donors (Lipinski definition) is 1. The Morgan fingerprint density at radius 1 is 1.80 bits per heavy atom. The number of hydrogen-bond acceptors (Lipinski definition) is 3. The van der Waals surface area contributed by atoms with E-state index in [0.717, 1.165) is 0 Å². The molecule has 1 atom stereocenters. The summed E-state index contributed by atoms with van der Waals surface area (Å²) in [5, 5.41) is 8.78. The molecule has 52 valence electrons. The second-order valence-corrected chi connectivity index (χ2v) is 2.21. The Hall–Kier alpha value is -0.980. The first-order valence-electron chi connectivity index (χ1n) is 2.63. The zero-order chi connectivity index (χ0) is 7.56. The van der Waals surface area contributed by atoms with E-state index in [1.807, 2.05) is 6.07 Å². The Balaban J connectivity index is 2.87. The Morgan fingerprint density at radius 3 is 2.90 bits per heavy atom. The van der Waals surface area contributed by atoms with E-state index in [1.165, 1.54) is 12.3 Å². The Bertz CT molecular complexity index is 263. The molecular weight excluding hydrogens is 152 g/mol. The van der Waals surface area contributed by atoms with Gasteiger partial charge < -0.3 is 10.2 Å². The van der Waals surface area contributed by atoms with Gasteiger partial charge in [-0.05, 0) is 0 Å². The molecule has 3 nitrogen and oxygen atoms in total. The van der Waals surface area contributed by atoms with Crippen LogP contribution in [0.25, 0.3) is 0 Å². The van der Waals surface area contributed by atoms with Gasteiger partial charge in [0, 0.05) is 6.07 Å². The van der Waals surface area contributed by atoms with E-state index in [9.17, 15) is 0 Å². The van der Waals surface area contributed by atoms with Crippen molar-refractivity contribution >= 4 is 11.6 Å². The molecule has 0 spiro atoms. The molecule has 0 aliphatic rings. The van der Waals surface area contributed by atoms with Crippen LogP contribution in [0.4, 0.5) is 0 Å². The van der Waals surface area contributed by atoms with Crippen molar-refractivity contribution in [3.8, 4) is 6.07 Å². The molecule has 0 fully saturated rings. The highest BCUT2D eigenvalue weighted by molar-refractivity contribution is 6.30. The van der Waals surface area contributed by atoms with E-state index in [-0.39, 0.29) is 0 Å². The fraction of sp³-hybridized carbons (Fsp3) is 0.167. The summed E-state index contributed by atoms with van der Waals surface area (Å²) >= 11 is 5.50. The highest BCUT2D eigenvalue weighted by atomic mass is 35.5. The number of nitrogens with two attached hydrogens (primary N) is 1. The van der Waals surface area contributed by atoms with Gasteiger partial charge in [0.1, 0.15) is 12.0 Å². The second-order valence-electron chi connectivity index (χ2n) is 1.77. The standard InChI is InChI=1S/C6H5ClN2O/c7-4-1-6(10-3-4)5(9)2-8/h1,3,5H,9H2. The predicted molar refractivity (Wildman–Crippen MR) is 36.3 cm³/mol. The average Bonchev–Trinajstić information content (AvgIpc) is 2.34. The molecule has 0 amide bonds. The van der Waals surface area contributed by atoms with E-state index >= 15 is 0 Å². The number of furan rings is 1. The van der Waals surface area contributed by atoms with Gasteiger partial charge in [-0.3, -0.25) is 0 Å². The van der Waals surface area contributed by atoms with Crippen molar-refractivity contribution in [3.05, 3.63) is 23.1 Å². The summed E-state index contributed by atoms with van der Waals surface area (Å²) in [4.78, 5) is 0. The van der Waals surface area contributed by atoms with Crippen molar-refractivity contribution in [1.29, 1.82) is 5.26 Å². The molecule has 0 radical (unpaired) electrons. The minimum Gasteiger partial charge on any atom is -0.465 e. The third-order valence-electron chi connectivity index (χ3n) is 1.03. The monoisotopic (exact) mass is 156 g/mol. The Kier molecular flexibility index (Phi) is 1.95. The molecule has 1 heterocycles. The summed E-state index contributed by atoms with van der Waals surface area (Å²) in [6.07, 6.45) is 1.34. The van der Waals surface area contributed by atoms with Crippen LogP contribution in [0.1, 0.15) is 11.8 Å². The summed E-state index contributed by atoms with van der Waals surface area (Å²) < 4.78 is 4.84. The Morgan fingerprint density at radius 2 is 2.50 bits per heavy atom. The first-order chi connectivity index (χ1) is 4.74. The van der Waals surface area contributed by atoms with Crippen LogP contribution in [0.2, 0.25) is 5.02 Å². The molecule has 2 N–H and O–H groups in total. The van der Waals surface area contributed by atoms with Gasteiger partial charge in [-0.2, -0.15) is 5.26 Å². The zero-order valence-electron chi connectivity index (χ0n) is 5.04. The van der Waals surface area contributed by atoms with Crippen molar-refractivity contribution in [2.45, 2.75) is 6.04 Å². The molecule has 1 aromatic rings. The van der Waals surface area contributed by atoms with Gasteiger partial charge in [-0.15, -0.1) is 0 Å². The van der Waals surface area contributed by atoms with Gasteiger partial charge in [0.25, 0.3) is 0 Å². The fourth-order valence-corrected chi connectivity index (χ4v) is 0.707. The molecule has 1 rings (SSSR count). The van der Waals surface area contributed by atoms with Gasteiger partial charge in [-0.25, -0.2) is 0 Å². The van der Waals surface area contributed by atoms with Crippen LogP contribution in [0.15, 0.2) is 16.7 Å². The third-order valence-corrected chi connectivity index (χ3v) is 1.23. The maximum absolute atomic E-state index is 8.32. The SMILES string of the molecule is N#CC(N)c1cc(Cl)co1. The highest BCUT2D eigenvalue weighted by Crippen LogP contribution is 2.17. The normalized spacial score (nSPS) is 12.5. The zero-order valence-corrected chi connectivity index (χ0v) is 5.80. The van der Waals surface area contributed by atoms with Gasteiger partial charge in [0.2, 0.25) is 0 Å². The molecule has 0 saturated carbocycles. The molecule has 4 heteroatoms. The maximum atomic E-state index is 8.32. The van der Waals surface area contributed by atoms with Crippen LogP contribution in [0.5, 0.6) is 0 Å². The predicted octanol–water partition coefficient (Wildman–Crippen LogP) is 1.46. The molecule has 0 aromatic carbocycles. The average molecular weight is 157 g/mol. The van der Waals surface area contributed by atoms with Crippen molar-refractivity contribution < 1.29 is 4.42 Å². The molecule has 0 aliphatic heterocycles. The van der Waals surface area contributed by atoms with Crippen molar-refractivity contribution in [2.24, 2.45) is 5.73 Å². The third kappa shape index (κ3) is 1.29. The first-order valence-corrected chi connectivity index (χ1v) is 3.01. The van der Waals surface area contributed by atoms with Crippen LogP contribution in [-0.4, -0.2) is 0 Å². The van der Waals surface area contributed by atoms with Crippen LogP contribution < -0.4 is 5.73 Å². The van der Waals surface area contributed by atoms with Crippen molar-refractivity contribution in [1.82, 2.24) is 0 Å². The van der Waals surface area contributed by atoms with Crippen LogP contribution in [0, 0.1) is 11.3 Å². The van der Waals surface area contributed by atoms with Crippen LogP contribution >= 0.6 is 11.6 Å². The summed E-state index contributed by atoms with van der Waals surface area (Å²) in [5.41, 5.74) is 5.29. The quantitative estimate of drug-likeness (QED) is 0.670. The minimum atomic E-state index is -0.715. The lowest BCUT2D eigenvalue weighted by Crippen LogP contribution is -2.05. The molecular formula is C6H5ClN2O. The van der Waals surface area contributed by atoms with Gasteiger partial charge >= 0.3 is 0 Å². The number of halogens is 1. The molecule has 0 saturated heterocycles. The van der Waals surface area contributed by atoms with E-state index in [0.29, 0.717) is 10.8 Å². The minimum absolute atomic E-state index is 0.396. The van der Waals surface area contributed by atoms with Crippen molar-refractivity contribution in [2.75, 3.05) is 0 Å². The van der Waals surface area contributed by atoms with E-state index in [4.69, 9.17) is 27.0 Å². The van der Waals surface area contributed by atoms with Crippen LogP contribution in [0.3, 0.4) is 0 Å².